The van der Waals surface area contributed by atoms with E-state index in [0.717, 1.165) is 62.4 Å². The lowest BCUT2D eigenvalue weighted by Crippen LogP contribution is -2.60. The molecule has 6 aromatic carbocycles. The van der Waals surface area contributed by atoms with E-state index in [1.165, 1.54) is 72.8 Å². The molecule has 16 rings (SSSR count). The van der Waals surface area contributed by atoms with Gasteiger partial charge < -0.3 is 103 Å². The number of amides is 7. The molecule has 6 aliphatic heterocycles. The Morgan fingerprint density at radius 2 is 1.29 bits per heavy atom. The summed E-state index contributed by atoms with van der Waals surface area (Å²) in [5.41, 5.74) is 10.2. The minimum absolute atomic E-state index is 0.0380. The molecule has 0 spiro atoms. The number of imide groups is 1. The number of hydrogen-bond donors (Lipinski definition) is 16. The van der Waals surface area contributed by atoms with Crippen molar-refractivity contribution < 1.29 is 108 Å². The van der Waals surface area contributed by atoms with Crippen LogP contribution >= 0.6 is 23.2 Å². The lowest BCUT2D eigenvalue weighted by molar-refractivity contribution is -0.270. The number of carbonyl (C=O) groups is 9. The highest BCUT2D eigenvalue weighted by atomic mass is 35.5. The summed E-state index contributed by atoms with van der Waals surface area (Å²) in [6.07, 6.45) is -11.3. The van der Waals surface area contributed by atoms with Gasteiger partial charge in [0.15, 0.2) is 28.8 Å². The van der Waals surface area contributed by atoms with E-state index in [9.17, 15) is 55.2 Å². The fourth-order valence-electron chi connectivity index (χ4n) is 17.4. The molecule has 114 heavy (non-hydrogen) atoms. The molecule has 6 aromatic rings. The molecule has 10 aliphatic rings. The van der Waals surface area contributed by atoms with Gasteiger partial charge in [-0.25, -0.2) is 4.79 Å². The fraction of sp³-hybridized carbons (Fsp3) is 0.451. The number of fused-ring (bicyclic) bond motifs is 15. The molecule has 30 nitrogen and oxygen atoms in total. The maximum Gasteiger partial charge on any atom is 0.325 e. The van der Waals surface area contributed by atoms with E-state index in [1.54, 1.807) is 6.92 Å². The van der Waals surface area contributed by atoms with Crippen molar-refractivity contribution in [1.29, 1.82) is 0 Å². The first-order valence-electron chi connectivity index (χ1n) is 38.2. The molecular formula is C82H92Cl2N8O22. The SMILES string of the molecule is CC[C@H](CC(C)C)C(=O)N[C@H]1C(=O)C[C@@H](CC(=O)NC(=O)Nc2ccc(OCCN)cc2)C(=O)N[C@H]2C(=O)C[C@H]3C(=O)N[C@H](C(=O)N[C@H](C(=O)CC4C5CC6CC(C5)CC4C6)c4cc(O)cc(O)c4-c4cc3ccc4O)[C@H](O)c3ccc(c(Cl)c3)Oc3cc2cc(c3O[C@@H]2O[C@H](CN)[C@@H](O)[C@H](O)[C@H]2O)Oc2ccc(cc2Cl)[C@H]1O. The van der Waals surface area contributed by atoms with Gasteiger partial charge >= 0.3 is 6.03 Å². The zero-order valence-corrected chi connectivity index (χ0v) is 64.0. The third kappa shape index (κ3) is 17.6. The number of carbonyl (C=O) groups excluding carboxylic acids is 9. The van der Waals surface area contributed by atoms with Crippen LogP contribution in [-0.4, -0.2) is 156 Å². The molecule has 18 N–H and O–H groups in total. The van der Waals surface area contributed by atoms with E-state index in [2.05, 4.69) is 31.9 Å². The molecule has 0 radical (unpaired) electrons. The zero-order valence-electron chi connectivity index (χ0n) is 62.5. The summed E-state index contributed by atoms with van der Waals surface area (Å²) >= 11 is 14.3. The molecule has 4 aliphatic carbocycles. The van der Waals surface area contributed by atoms with E-state index in [4.69, 9.17) is 58.4 Å². The number of ether oxygens (including phenoxy) is 5. The number of phenols is 3. The van der Waals surface area contributed by atoms with E-state index < -0.39 is 198 Å². The highest BCUT2D eigenvalue weighted by Crippen LogP contribution is 2.58. The summed E-state index contributed by atoms with van der Waals surface area (Å²) in [6, 6.07) is 12.0. The molecule has 1 saturated heterocycles. The van der Waals surface area contributed by atoms with Crippen LogP contribution in [-0.2, 0) is 43.1 Å². The first-order valence-corrected chi connectivity index (χ1v) is 39.0. The number of benzene rings is 6. The molecule has 5 fully saturated rings. The predicted octanol–water partition coefficient (Wildman–Crippen LogP) is 7.40. The summed E-state index contributed by atoms with van der Waals surface area (Å²) in [5, 5.41) is 110. The molecule has 7 amide bonds. The van der Waals surface area contributed by atoms with E-state index in [1.807, 2.05) is 13.8 Å². The first-order chi connectivity index (χ1) is 54.4. The number of halogens is 2. The van der Waals surface area contributed by atoms with Gasteiger partial charge in [0.05, 0.1) is 21.9 Å². The third-order valence-electron chi connectivity index (χ3n) is 23.0. The number of aliphatic hydroxyl groups is 5. The Kier molecular flexibility index (Phi) is 24.9. The highest BCUT2D eigenvalue weighted by Gasteiger charge is 2.51. The third-order valence-corrected chi connectivity index (χ3v) is 23.5. The van der Waals surface area contributed by atoms with Gasteiger partial charge in [0, 0.05) is 67.6 Å². The number of aliphatic hydroxyl groups excluding tert-OH is 5. The van der Waals surface area contributed by atoms with Crippen LogP contribution < -0.4 is 62.3 Å². The largest absolute Gasteiger partial charge is 0.508 e. The van der Waals surface area contributed by atoms with E-state index in [0.29, 0.717) is 24.0 Å². The van der Waals surface area contributed by atoms with Crippen molar-refractivity contribution in [2.45, 2.75) is 164 Å². The Balaban J connectivity index is 0.991. The number of phenolic OH excluding ortho intramolecular Hbond substituents is 3. The van der Waals surface area contributed by atoms with Gasteiger partial charge in [0.25, 0.3) is 0 Å². The highest BCUT2D eigenvalue weighted by molar-refractivity contribution is 6.32. The molecule has 606 valence electrons. The standard InChI is InChI=1S/C82H92Cl2N8O22/c1-4-38(17-35(2)3)77(105)91-69-57(96)26-45(29-65(99)88-82(109)87-46-8-10-48(11-9-46)110-16-15-85)78(106)89-67-44-27-62(111-60-13-6-40(71(69)100)24-53(60)83)76(114-81-75(104)74(103)73(102)64(34-86)113-81)63(28-44)112-61-14-7-41(25-54(61)84)72(101)70-80(108)90-68(59(98)32-49-42-19-36-18-37(21-42)22-43(49)20-36)52-30-47(93)31-56(95)66(52)51-23-39(5-12-55(51)94)50(33-58(67)97)79(107)92-70/h5-14,23-25,27-28,30-31,35-38,42-43,45,49-50,64,67-75,81,93-95,100-104H,4,15-22,26,29,32-34,85-86H2,1-3H3,(H,89,106)(H,90,108)(H,91,105)(H,92,107)(H2,87,88,99,109)/t36?,37?,38-,42?,43?,45+,49?,50-,64-,67-,68+,69+,70+,71-,72-,73-,74+,75-,81+/m1/s1. The number of nitrogens with one attached hydrogen (secondary N) is 6. The van der Waals surface area contributed by atoms with Gasteiger partial charge in [-0.15, -0.1) is 0 Å². The number of hydrogen-bond acceptors (Lipinski definition) is 24. The maximum atomic E-state index is 16.5. The number of urea groups is 1. The normalized spacial score (nSPS) is 28.2. The molecule has 6 heterocycles. The average Bonchev–Trinajstić information content (AvgIpc) is 0.759. The number of aromatic hydroxyl groups is 3. The molecule has 32 heteroatoms. The van der Waals surface area contributed by atoms with Gasteiger partial charge in [0.1, 0.15) is 102 Å². The van der Waals surface area contributed by atoms with Crippen molar-refractivity contribution in [1.82, 2.24) is 26.6 Å². The van der Waals surface area contributed by atoms with Gasteiger partial charge in [-0.3, -0.25) is 43.7 Å². The predicted molar refractivity (Wildman–Crippen MR) is 410 cm³/mol. The van der Waals surface area contributed by atoms with Gasteiger partial charge in [-0.2, -0.15) is 0 Å². The van der Waals surface area contributed by atoms with Crippen molar-refractivity contribution >= 4 is 81.8 Å². The van der Waals surface area contributed by atoms with Crippen LogP contribution in [0.3, 0.4) is 0 Å². The van der Waals surface area contributed by atoms with Crippen molar-refractivity contribution in [2.24, 2.45) is 58.8 Å². The van der Waals surface area contributed by atoms with Gasteiger partial charge in [-0.1, -0.05) is 62.2 Å². The summed E-state index contributed by atoms with van der Waals surface area (Å²) in [7, 11) is 0. The van der Waals surface area contributed by atoms with E-state index in [-0.39, 0.29) is 116 Å². The first kappa shape index (κ1) is 82.0. The lowest BCUT2D eigenvalue weighted by atomic mass is 9.51. The minimum Gasteiger partial charge on any atom is -0.508 e. The summed E-state index contributed by atoms with van der Waals surface area (Å²) < 4.78 is 31.3. The lowest BCUT2D eigenvalue weighted by Gasteiger charge is -2.54. The second kappa shape index (κ2) is 34.6. The Morgan fingerprint density at radius 3 is 1.90 bits per heavy atom. The van der Waals surface area contributed by atoms with Crippen molar-refractivity contribution in [3.05, 3.63) is 141 Å². The second-order valence-electron chi connectivity index (χ2n) is 31.2. The number of Topliss-reactive ketones (excluding diaryl/α,β-unsaturated/α-hetero) is 3. The van der Waals surface area contributed by atoms with Crippen LogP contribution in [0, 0.1) is 47.3 Å². The maximum absolute atomic E-state index is 16.5. The monoisotopic (exact) mass is 1610 g/mol. The molecule has 0 aromatic heterocycles. The van der Waals surface area contributed by atoms with Crippen molar-refractivity contribution in [3.63, 3.8) is 0 Å². The van der Waals surface area contributed by atoms with Gasteiger partial charge in [-0.05, 0) is 187 Å². The quantitative estimate of drug-likeness (QED) is 0.0423. The Labute approximate surface area is 664 Å². The van der Waals surface area contributed by atoms with Crippen LogP contribution in [0.4, 0.5) is 10.5 Å². The Hall–Kier alpha value is -9.99. The molecule has 15 bridgehead atoms. The molecule has 0 unspecified atom stereocenters. The van der Waals surface area contributed by atoms with Crippen LogP contribution in [0.15, 0.2) is 103 Å². The van der Waals surface area contributed by atoms with Crippen LogP contribution in [0.25, 0.3) is 11.1 Å². The topological polar surface area (TPSA) is 486 Å². The number of ketones is 3. The Morgan fingerprint density at radius 1 is 0.649 bits per heavy atom. The Bertz CT molecular complexity index is 4690. The van der Waals surface area contributed by atoms with E-state index >= 15 is 28.8 Å². The average molecular weight is 1610 g/mol. The van der Waals surface area contributed by atoms with Crippen LogP contribution in [0.2, 0.25) is 10.0 Å². The number of nitrogens with two attached hydrogens (primary N) is 2. The van der Waals surface area contributed by atoms with Crippen LogP contribution in [0.5, 0.6) is 51.7 Å². The van der Waals surface area contributed by atoms with Gasteiger partial charge in [0.2, 0.25) is 41.6 Å². The number of rotatable bonds is 17. The number of anilines is 1. The zero-order chi connectivity index (χ0) is 81.4. The molecule has 4 saturated carbocycles. The van der Waals surface area contributed by atoms with Crippen molar-refractivity contribution in [3.8, 4) is 62.9 Å². The minimum atomic E-state index is -2.21. The summed E-state index contributed by atoms with van der Waals surface area (Å²) in [4.78, 5) is 138. The van der Waals surface area contributed by atoms with Crippen LogP contribution in [0.1, 0.15) is 149 Å². The summed E-state index contributed by atoms with van der Waals surface area (Å²) in [6.45, 7) is 5.45. The molecule has 14 atom stereocenters. The smallest absolute Gasteiger partial charge is 0.325 e. The van der Waals surface area contributed by atoms with Crippen molar-refractivity contribution in [2.75, 3.05) is 25.0 Å². The molecular weight excluding hydrogens is 1520 g/mol. The fourth-order valence-corrected chi connectivity index (χ4v) is 17.9. The summed E-state index contributed by atoms with van der Waals surface area (Å²) in [5.74, 6) is -15.5. The second-order valence-corrected chi connectivity index (χ2v) is 32.0.